The molecule has 0 spiro atoms. The van der Waals surface area contributed by atoms with Gasteiger partial charge in [-0.2, -0.15) is 0 Å². The molecule has 0 aromatic heterocycles. The van der Waals surface area contributed by atoms with Crippen molar-refractivity contribution in [2.24, 2.45) is 11.7 Å². The fourth-order valence-corrected chi connectivity index (χ4v) is 1.91. The first-order valence-corrected chi connectivity index (χ1v) is 7.23. The van der Waals surface area contributed by atoms with Gasteiger partial charge in [-0.05, 0) is 18.1 Å². The summed E-state index contributed by atoms with van der Waals surface area (Å²) in [6.07, 6.45) is 0.886. The maximum absolute atomic E-state index is 12.1. The molecule has 0 bridgehead atoms. The molecule has 112 valence electrons. The molecule has 0 saturated carbocycles. The molecule has 0 heterocycles. The Bertz CT molecular complexity index is 440. The lowest BCUT2D eigenvalue weighted by atomic mass is 9.99. The van der Waals surface area contributed by atoms with Gasteiger partial charge in [-0.3, -0.25) is 4.79 Å². The molecule has 1 amide bonds. The van der Waals surface area contributed by atoms with E-state index in [-0.39, 0.29) is 11.8 Å². The lowest BCUT2D eigenvalue weighted by Crippen LogP contribution is -2.46. The third kappa shape index (κ3) is 4.69. The van der Waals surface area contributed by atoms with Crippen molar-refractivity contribution >= 4 is 17.5 Å². The van der Waals surface area contributed by atoms with Crippen molar-refractivity contribution in [1.29, 1.82) is 0 Å². The molecule has 1 aromatic carbocycles. The van der Waals surface area contributed by atoms with Crippen molar-refractivity contribution in [2.45, 2.75) is 26.3 Å². The average molecular weight is 299 g/mol. The van der Waals surface area contributed by atoms with Gasteiger partial charge in [-0.15, -0.1) is 0 Å². The van der Waals surface area contributed by atoms with Gasteiger partial charge in [-0.1, -0.05) is 44.0 Å². The number of amides is 1. The Morgan fingerprint density at radius 2 is 2.10 bits per heavy atom. The Morgan fingerprint density at radius 3 is 2.70 bits per heavy atom. The van der Waals surface area contributed by atoms with Crippen LogP contribution < -0.4 is 10.5 Å². The Labute approximate surface area is 125 Å². The van der Waals surface area contributed by atoms with E-state index in [1.807, 2.05) is 26.0 Å². The third-order valence-electron chi connectivity index (χ3n) is 3.44. The minimum atomic E-state index is -0.453. The minimum absolute atomic E-state index is 0.0536. The molecule has 1 rings (SSSR count). The van der Waals surface area contributed by atoms with Crippen LogP contribution in [0, 0.1) is 5.92 Å². The molecule has 2 N–H and O–H groups in total. The van der Waals surface area contributed by atoms with Crippen LogP contribution in [0.5, 0.6) is 5.75 Å². The Morgan fingerprint density at radius 1 is 1.45 bits per heavy atom. The molecule has 0 aliphatic rings. The van der Waals surface area contributed by atoms with Crippen molar-refractivity contribution in [2.75, 3.05) is 20.2 Å². The third-order valence-corrected chi connectivity index (χ3v) is 3.75. The predicted molar refractivity (Wildman–Crippen MR) is 82.0 cm³/mol. The Balaban J connectivity index is 2.42. The molecular formula is C15H23ClN2O2. The van der Waals surface area contributed by atoms with Crippen molar-refractivity contribution < 1.29 is 9.53 Å². The minimum Gasteiger partial charge on any atom is -0.490 e. The monoisotopic (exact) mass is 298 g/mol. The van der Waals surface area contributed by atoms with Gasteiger partial charge in [0.2, 0.25) is 5.91 Å². The number of rotatable bonds is 7. The summed E-state index contributed by atoms with van der Waals surface area (Å²) in [7, 11) is 1.74. The van der Waals surface area contributed by atoms with Gasteiger partial charge in [0, 0.05) is 7.05 Å². The van der Waals surface area contributed by atoms with Gasteiger partial charge < -0.3 is 15.4 Å². The van der Waals surface area contributed by atoms with E-state index in [0.717, 1.165) is 6.42 Å². The van der Waals surface area contributed by atoms with E-state index < -0.39 is 6.04 Å². The Hall–Kier alpha value is -1.26. The van der Waals surface area contributed by atoms with Crippen LogP contribution in [0.3, 0.4) is 0 Å². The van der Waals surface area contributed by atoms with Crippen LogP contribution in [-0.4, -0.2) is 37.0 Å². The first kappa shape index (κ1) is 16.8. The molecule has 5 heteroatoms. The summed E-state index contributed by atoms with van der Waals surface area (Å²) in [5.41, 5.74) is 5.93. The number of likely N-dealkylation sites (N-methyl/N-ethyl adjacent to an activating group) is 1. The van der Waals surface area contributed by atoms with Gasteiger partial charge >= 0.3 is 0 Å². The highest BCUT2D eigenvalue weighted by Gasteiger charge is 2.22. The molecular weight excluding hydrogens is 276 g/mol. The van der Waals surface area contributed by atoms with Gasteiger partial charge in [0.15, 0.2) is 0 Å². The van der Waals surface area contributed by atoms with Crippen LogP contribution in [-0.2, 0) is 4.79 Å². The zero-order valence-corrected chi connectivity index (χ0v) is 13.1. The van der Waals surface area contributed by atoms with Crippen molar-refractivity contribution in [3.63, 3.8) is 0 Å². The summed E-state index contributed by atoms with van der Waals surface area (Å²) in [5.74, 6) is 0.748. The molecule has 0 fully saturated rings. The number of hydrogen-bond acceptors (Lipinski definition) is 3. The maximum atomic E-state index is 12.1. The SMILES string of the molecule is CCC(C)C(N)C(=O)N(C)CCOc1ccccc1Cl. The number of carbonyl (C=O) groups is 1. The highest BCUT2D eigenvalue weighted by Crippen LogP contribution is 2.22. The van der Waals surface area contributed by atoms with Gasteiger partial charge in [0.05, 0.1) is 17.6 Å². The number of carbonyl (C=O) groups excluding carboxylic acids is 1. The van der Waals surface area contributed by atoms with E-state index >= 15 is 0 Å². The summed E-state index contributed by atoms with van der Waals surface area (Å²) in [6, 6.07) is 6.82. The second kappa shape index (κ2) is 8.12. The van der Waals surface area contributed by atoms with Crippen molar-refractivity contribution in [3.05, 3.63) is 29.3 Å². The standard InChI is InChI=1S/C15H23ClN2O2/c1-4-11(2)14(17)15(19)18(3)9-10-20-13-8-6-5-7-12(13)16/h5-8,11,14H,4,9-10,17H2,1-3H3. The lowest BCUT2D eigenvalue weighted by molar-refractivity contribution is -0.132. The molecule has 1 aromatic rings. The lowest BCUT2D eigenvalue weighted by Gasteiger charge is -2.24. The fourth-order valence-electron chi connectivity index (χ4n) is 1.72. The molecule has 0 radical (unpaired) electrons. The number of nitrogens with zero attached hydrogens (tertiary/aromatic N) is 1. The second-order valence-electron chi connectivity index (χ2n) is 4.95. The number of nitrogens with two attached hydrogens (primary N) is 1. The van der Waals surface area contributed by atoms with Crippen molar-refractivity contribution in [1.82, 2.24) is 4.90 Å². The van der Waals surface area contributed by atoms with Crippen molar-refractivity contribution in [3.8, 4) is 5.75 Å². The normalized spacial score (nSPS) is 13.7. The number of ether oxygens (including phenoxy) is 1. The first-order valence-electron chi connectivity index (χ1n) is 6.85. The van der Waals surface area contributed by atoms with Crippen LogP contribution in [0.2, 0.25) is 5.02 Å². The summed E-state index contributed by atoms with van der Waals surface area (Å²) in [5, 5.41) is 0.567. The molecule has 2 atom stereocenters. The highest BCUT2D eigenvalue weighted by atomic mass is 35.5. The van der Waals surface area contributed by atoms with E-state index in [1.54, 1.807) is 24.1 Å². The largest absolute Gasteiger partial charge is 0.490 e. The van der Waals surface area contributed by atoms with Crippen LogP contribution in [0.25, 0.3) is 0 Å². The smallest absolute Gasteiger partial charge is 0.239 e. The van der Waals surface area contributed by atoms with Crippen LogP contribution in [0.4, 0.5) is 0 Å². The molecule has 0 aliphatic carbocycles. The predicted octanol–water partition coefficient (Wildman–Crippen LogP) is 2.55. The first-order chi connectivity index (χ1) is 9.47. The topological polar surface area (TPSA) is 55.6 Å². The molecule has 4 nitrogen and oxygen atoms in total. The second-order valence-corrected chi connectivity index (χ2v) is 5.36. The van der Waals surface area contributed by atoms with Crippen LogP contribution >= 0.6 is 11.6 Å². The van der Waals surface area contributed by atoms with E-state index in [9.17, 15) is 4.79 Å². The van der Waals surface area contributed by atoms with Gasteiger partial charge in [-0.25, -0.2) is 0 Å². The van der Waals surface area contributed by atoms with E-state index in [2.05, 4.69) is 0 Å². The Kier molecular flexibility index (Phi) is 6.82. The van der Waals surface area contributed by atoms with Crippen LogP contribution in [0.1, 0.15) is 20.3 Å². The maximum Gasteiger partial charge on any atom is 0.239 e. The van der Waals surface area contributed by atoms with E-state index in [1.165, 1.54) is 0 Å². The van der Waals surface area contributed by atoms with E-state index in [0.29, 0.717) is 23.9 Å². The molecule has 0 aliphatic heterocycles. The number of halogens is 1. The summed E-state index contributed by atoms with van der Waals surface area (Å²) in [6.45, 7) is 4.88. The summed E-state index contributed by atoms with van der Waals surface area (Å²) >= 11 is 5.99. The molecule has 20 heavy (non-hydrogen) atoms. The summed E-state index contributed by atoms with van der Waals surface area (Å²) in [4.78, 5) is 13.7. The quantitative estimate of drug-likeness (QED) is 0.841. The fraction of sp³-hybridized carbons (Fsp3) is 0.533. The number of hydrogen-bond donors (Lipinski definition) is 1. The number of benzene rings is 1. The van der Waals surface area contributed by atoms with Crippen LogP contribution in [0.15, 0.2) is 24.3 Å². The summed E-state index contributed by atoms with van der Waals surface area (Å²) < 4.78 is 5.56. The molecule has 0 saturated heterocycles. The van der Waals surface area contributed by atoms with Gasteiger partial charge in [0.25, 0.3) is 0 Å². The zero-order chi connectivity index (χ0) is 15.1. The van der Waals surface area contributed by atoms with Gasteiger partial charge in [0.1, 0.15) is 12.4 Å². The van der Waals surface area contributed by atoms with E-state index in [4.69, 9.17) is 22.1 Å². The average Bonchev–Trinajstić information content (AvgIpc) is 2.46. The number of para-hydroxylation sites is 1. The molecule has 2 unspecified atom stereocenters. The zero-order valence-electron chi connectivity index (χ0n) is 12.3. The highest BCUT2D eigenvalue weighted by molar-refractivity contribution is 6.32.